The minimum atomic E-state index is -0.228. The molecule has 12 heteroatoms. The van der Waals surface area contributed by atoms with Crippen molar-refractivity contribution in [1.82, 2.24) is 20.2 Å². The number of nitrogens with two attached hydrogens (primary N) is 1. The van der Waals surface area contributed by atoms with Crippen molar-refractivity contribution in [1.29, 1.82) is 0 Å². The number of amides is 1. The molecule has 11 nitrogen and oxygen atoms in total. The predicted molar refractivity (Wildman–Crippen MR) is 134 cm³/mol. The third kappa shape index (κ3) is 6.43. The van der Waals surface area contributed by atoms with E-state index in [1.54, 1.807) is 13.2 Å². The van der Waals surface area contributed by atoms with Gasteiger partial charge in [-0.05, 0) is 38.3 Å². The van der Waals surface area contributed by atoms with Gasteiger partial charge in [0.2, 0.25) is 5.95 Å². The quantitative estimate of drug-likeness (QED) is 0.300. The largest absolute Gasteiger partial charge is 0.492 e. The molecule has 1 aromatic carbocycles. The topological polar surface area (TPSA) is 166 Å². The van der Waals surface area contributed by atoms with Gasteiger partial charge >= 0.3 is 0 Å². The number of hydrogen-bond donors (Lipinski definition) is 4. The second-order valence-corrected chi connectivity index (χ2v) is 8.99. The molecule has 2 aromatic rings. The SMILES string of the molecule is COC1CN(CCCNc2nccc(=O)[nH]2)CCC1NC(=O)c1cc(Cl)c(N)c2c1OCCC2.O. The van der Waals surface area contributed by atoms with Crippen molar-refractivity contribution in [3.8, 4) is 5.75 Å². The zero-order valence-corrected chi connectivity index (χ0v) is 20.5. The highest BCUT2D eigenvalue weighted by Gasteiger charge is 2.32. The summed E-state index contributed by atoms with van der Waals surface area (Å²) < 4.78 is 11.5. The van der Waals surface area contributed by atoms with Crippen molar-refractivity contribution in [2.45, 2.75) is 37.8 Å². The van der Waals surface area contributed by atoms with Crippen LogP contribution >= 0.6 is 11.6 Å². The van der Waals surface area contributed by atoms with E-state index < -0.39 is 0 Å². The highest BCUT2D eigenvalue weighted by Crippen LogP contribution is 2.38. The predicted octanol–water partition coefficient (Wildman–Crippen LogP) is 0.827. The van der Waals surface area contributed by atoms with Gasteiger partial charge in [0.15, 0.2) is 0 Å². The number of H-pyrrole nitrogens is 1. The van der Waals surface area contributed by atoms with Crippen LogP contribution in [0.25, 0.3) is 0 Å². The number of carbonyl (C=O) groups is 1. The number of benzene rings is 1. The lowest BCUT2D eigenvalue weighted by atomic mass is 9.98. The average molecular weight is 509 g/mol. The molecule has 0 spiro atoms. The molecular weight excluding hydrogens is 476 g/mol. The number of nitrogen functional groups attached to an aromatic ring is 1. The lowest BCUT2D eigenvalue weighted by Crippen LogP contribution is -2.55. The number of nitrogens with zero attached hydrogens (tertiary/aromatic N) is 2. The first-order valence-electron chi connectivity index (χ1n) is 11.5. The summed E-state index contributed by atoms with van der Waals surface area (Å²) in [5.74, 6) is 0.783. The van der Waals surface area contributed by atoms with Gasteiger partial charge in [-0.25, -0.2) is 4.98 Å². The molecule has 0 aliphatic carbocycles. The number of ether oxygens (including phenoxy) is 2. The number of likely N-dealkylation sites (tertiary alicyclic amines) is 1. The van der Waals surface area contributed by atoms with Crippen LogP contribution in [0.1, 0.15) is 35.2 Å². The normalized spacial score (nSPS) is 19.7. The number of fused-ring (bicyclic) bond motifs is 1. The molecule has 0 radical (unpaired) electrons. The van der Waals surface area contributed by atoms with Gasteiger partial charge in [-0.1, -0.05) is 11.6 Å². The Morgan fingerprint density at radius 2 is 2.29 bits per heavy atom. The van der Waals surface area contributed by atoms with Crippen molar-refractivity contribution < 1.29 is 19.7 Å². The number of aromatic amines is 1. The highest BCUT2D eigenvalue weighted by atomic mass is 35.5. The first-order chi connectivity index (χ1) is 16.5. The molecule has 0 bridgehead atoms. The lowest BCUT2D eigenvalue weighted by molar-refractivity contribution is 0.00636. The summed E-state index contributed by atoms with van der Waals surface area (Å²) in [5.41, 5.74) is 7.65. The van der Waals surface area contributed by atoms with E-state index in [4.69, 9.17) is 26.8 Å². The van der Waals surface area contributed by atoms with Crippen LogP contribution in [0.3, 0.4) is 0 Å². The Balaban J connectivity index is 0.00000342. The van der Waals surface area contributed by atoms with Gasteiger partial charge in [-0.2, -0.15) is 0 Å². The van der Waals surface area contributed by atoms with E-state index in [2.05, 4.69) is 25.5 Å². The summed E-state index contributed by atoms with van der Waals surface area (Å²) >= 11 is 6.30. The Morgan fingerprint density at radius 3 is 3.06 bits per heavy atom. The monoisotopic (exact) mass is 508 g/mol. The number of halogens is 1. The van der Waals surface area contributed by atoms with Gasteiger partial charge in [-0.3, -0.25) is 14.6 Å². The van der Waals surface area contributed by atoms with E-state index in [0.717, 1.165) is 44.3 Å². The van der Waals surface area contributed by atoms with Gasteiger partial charge in [0.05, 0.1) is 35.0 Å². The molecule has 192 valence electrons. The van der Waals surface area contributed by atoms with Gasteiger partial charge in [0, 0.05) is 44.6 Å². The number of hydrogen-bond acceptors (Lipinski definition) is 8. The number of nitrogens with one attached hydrogen (secondary N) is 3. The van der Waals surface area contributed by atoms with Gasteiger partial charge in [0.25, 0.3) is 11.5 Å². The fourth-order valence-electron chi connectivity index (χ4n) is 4.51. The van der Waals surface area contributed by atoms with Crippen molar-refractivity contribution in [3.63, 3.8) is 0 Å². The Hall–Kier alpha value is -2.86. The Bertz CT molecular complexity index is 1080. The number of methoxy groups -OCH3 is 1. The molecule has 3 heterocycles. The van der Waals surface area contributed by atoms with E-state index in [9.17, 15) is 9.59 Å². The second-order valence-electron chi connectivity index (χ2n) is 8.59. The van der Waals surface area contributed by atoms with E-state index in [1.165, 1.54) is 12.3 Å². The molecule has 4 rings (SSSR count). The molecule has 1 aromatic heterocycles. The van der Waals surface area contributed by atoms with E-state index >= 15 is 0 Å². The fourth-order valence-corrected chi connectivity index (χ4v) is 4.73. The van der Waals surface area contributed by atoms with Crippen LogP contribution in [0.5, 0.6) is 5.75 Å². The van der Waals surface area contributed by atoms with Crippen LogP contribution in [-0.2, 0) is 11.2 Å². The van der Waals surface area contributed by atoms with Crippen LogP contribution in [0.2, 0.25) is 5.02 Å². The number of aromatic nitrogens is 2. The van der Waals surface area contributed by atoms with E-state index in [1.807, 2.05) is 0 Å². The van der Waals surface area contributed by atoms with Crippen LogP contribution < -0.4 is 26.7 Å². The molecule has 2 atom stereocenters. The average Bonchev–Trinajstić information content (AvgIpc) is 2.84. The fraction of sp³-hybridized carbons (Fsp3) is 0.522. The Morgan fingerprint density at radius 1 is 1.46 bits per heavy atom. The zero-order chi connectivity index (χ0) is 24.1. The standard InChI is InChI=1S/C23H31ClN6O4.H2O/c1-33-18-13-30(9-3-7-26-23-27-8-5-19(31)29-23)10-6-17(18)28-22(32)15-12-16(24)20(25)14-4-2-11-34-21(14)15;/h5,8,12,17-18H,2-4,6-7,9-11,13,25H2,1H3,(H,28,32)(H2,26,27,29,31);1H2. The number of anilines is 2. The highest BCUT2D eigenvalue weighted by molar-refractivity contribution is 6.33. The van der Waals surface area contributed by atoms with Crippen molar-refractivity contribution in [2.24, 2.45) is 0 Å². The maximum atomic E-state index is 13.2. The molecule has 7 N–H and O–H groups in total. The molecule has 1 saturated heterocycles. The number of piperidine rings is 1. The first kappa shape index (κ1) is 26.7. The molecular formula is C23H33ClN6O5. The maximum absolute atomic E-state index is 13.2. The molecule has 2 aliphatic heterocycles. The summed E-state index contributed by atoms with van der Waals surface area (Å²) in [7, 11) is 1.66. The third-order valence-electron chi connectivity index (χ3n) is 6.31. The van der Waals surface area contributed by atoms with Gasteiger partial charge in [-0.15, -0.1) is 0 Å². The first-order valence-corrected chi connectivity index (χ1v) is 11.9. The zero-order valence-electron chi connectivity index (χ0n) is 19.7. The van der Waals surface area contributed by atoms with Crippen LogP contribution in [0, 0.1) is 0 Å². The molecule has 1 amide bonds. The van der Waals surface area contributed by atoms with Crippen LogP contribution in [0.15, 0.2) is 23.1 Å². The lowest BCUT2D eigenvalue weighted by Gasteiger charge is -2.38. The van der Waals surface area contributed by atoms with Crippen molar-refractivity contribution in [2.75, 3.05) is 50.9 Å². The summed E-state index contributed by atoms with van der Waals surface area (Å²) in [6.07, 6.45) is 4.56. The Kier molecular flexibility index (Phi) is 9.33. The maximum Gasteiger partial charge on any atom is 0.255 e. The summed E-state index contributed by atoms with van der Waals surface area (Å²) in [5, 5.41) is 6.62. The van der Waals surface area contributed by atoms with E-state index in [-0.39, 0.29) is 29.1 Å². The van der Waals surface area contributed by atoms with Crippen molar-refractivity contribution in [3.05, 3.63) is 44.8 Å². The Labute approximate surface area is 208 Å². The smallest absolute Gasteiger partial charge is 0.255 e. The molecule has 1 fully saturated rings. The van der Waals surface area contributed by atoms with Gasteiger partial charge in [0.1, 0.15) is 5.75 Å². The molecule has 0 saturated carbocycles. The number of rotatable bonds is 8. The van der Waals surface area contributed by atoms with Crippen LogP contribution in [0.4, 0.5) is 11.6 Å². The molecule has 35 heavy (non-hydrogen) atoms. The summed E-state index contributed by atoms with van der Waals surface area (Å²) in [6.45, 7) is 3.64. The minimum Gasteiger partial charge on any atom is -0.492 e. The third-order valence-corrected chi connectivity index (χ3v) is 6.62. The van der Waals surface area contributed by atoms with Gasteiger partial charge < -0.3 is 36.2 Å². The van der Waals surface area contributed by atoms with Crippen LogP contribution in [-0.4, -0.2) is 78.3 Å². The summed E-state index contributed by atoms with van der Waals surface area (Å²) in [6, 6.07) is 2.85. The molecule has 2 unspecified atom stereocenters. The van der Waals surface area contributed by atoms with Crippen molar-refractivity contribution >= 4 is 29.1 Å². The summed E-state index contributed by atoms with van der Waals surface area (Å²) in [4.78, 5) is 33.5. The number of carbonyl (C=O) groups excluding carboxylic acids is 1. The minimum absolute atomic E-state index is 0. The molecule has 2 aliphatic rings. The van der Waals surface area contributed by atoms with E-state index in [0.29, 0.717) is 47.7 Å². The second kappa shape index (κ2) is 12.2.